The number of fused-ring (bicyclic) bond motifs is 1. The summed E-state index contributed by atoms with van der Waals surface area (Å²) in [7, 11) is 0. The van der Waals surface area contributed by atoms with Crippen molar-refractivity contribution in [1.82, 2.24) is 4.98 Å². The average Bonchev–Trinajstić information content (AvgIpc) is 3.15. The standard InChI is InChI=1S/C23H19NO3S/c1-15(23(25)26)18-6-2-3-7-19(18)16-10-12-17(13-11-16)27-14-22-24-20-8-4-5-9-21(20)28-22/h2-13,15H,14H2,1H3,(H,25,26). The van der Waals surface area contributed by atoms with E-state index in [0.29, 0.717) is 6.61 Å². The van der Waals surface area contributed by atoms with Gasteiger partial charge in [-0.1, -0.05) is 48.5 Å². The first kappa shape index (κ1) is 18.2. The van der Waals surface area contributed by atoms with E-state index in [-0.39, 0.29) is 0 Å². The number of ether oxygens (including phenoxy) is 1. The van der Waals surface area contributed by atoms with Crippen molar-refractivity contribution in [2.45, 2.75) is 19.4 Å². The van der Waals surface area contributed by atoms with Crippen LogP contribution in [0.3, 0.4) is 0 Å². The van der Waals surface area contributed by atoms with Gasteiger partial charge in [0.25, 0.3) is 0 Å². The van der Waals surface area contributed by atoms with Crippen LogP contribution in [0.15, 0.2) is 72.8 Å². The molecule has 1 heterocycles. The van der Waals surface area contributed by atoms with Crippen LogP contribution < -0.4 is 4.74 Å². The number of benzene rings is 3. The van der Waals surface area contributed by atoms with Crippen molar-refractivity contribution >= 4 is 27.5 Å². The summed E-state index contributed by atoms with van der Waals surface area (Å²) < 4.78 is 7.04. The Morgan fingerprint density at radius 2 is 1.75 bits per heavy atom. The third-order valence-corrected chi connectivity index (χ3v) is 5.67. The number of aliphatic carboxylic acids is 1. The molecule has 1 aromatic heterocycles. The van der Waals surface area contributed by atoms with Crippen molar-refractivity contribution in [2.24, 2.45) is 0 Å². The van der Waals surface area contributed by atoms with Crippen molar-refractivity contribution in [3.8, 4) is 16.9 Å². The molecular weight excluding hydrogens is 370 g/mol. The molecule has 1 unspecified atom stereocenters. The number of aromatic nitrogens is 1. The molecule has 0 aliphatic carbocycles. The lowest BCUT2D eigenvalue weighted by atomic mass is 9.92. The van der Waals surface area contributed by atoms with Gasteiger partial charge in [0, 0.05) is 0 Å². The van der Waals surface area contributed by atoms with Crippen molar-refractivity contribution in [3.63, 3.8) is 0 Å². The van der Waals surface area contributed by atoms with Crippen molar-refractivity contribution in [1.29, 1.82) is 0 Å². The number of rotatable bonds is 6. The van der Waals surface area contributed by atoms with Crippen LogP contribution >= 0.6 is 11.3 Å². The van der Waals surface area contributed by atoms with E-state index in [4.69, 9.17) is 4.74 Å². The van der Waals surface area contributed by atoms with Crippen LogP contribution in [-0.2, 0) is 11.4 Å². The van der Waals surface area contributed by atoms with Gasteiger partial charge in [-0.05, 0) is 47.9 Å². The fraction of sp³-hybridized carbons (Fsp3) is 0.130. The average molecular weight is 389 g/mol. The first-order valence-corrected chi connectivity index (χ1v) is 9.83. The van der Waals surface area contributed by atoms with Crippen LogP contribution in [0.25, 0.3) is 21.3 Å². The predicted molar refractivity (Wildman–Crippen MR) is 112 cm³/mol. The van der Waals surface area contributed by atoms with Gasteiger partial charge in [0.2, 0.25) is 0 Å². The van der Waals surface area contributed by atoms with Crippen LogP contribution in [0, 0.1) is 0 Å². The molecule has 0 bridgehead atoms. The lowest BCUT2D eigenvalue weighted by Crippen LogP contribution is -2.08. The van der Waals surface area contributed by atoms with Crippen molar-refractivity contribution in [2.75, 3.05) is 0 Å². The molecule has 0 fully saturated rings. The molecule has 1 N–H and O–H groups in total. The Morgan fingerprint density at radius 1 is 1.04 bits per heavy atom. The zero-order valence-electron chi connectivity index (χ0n) is 15.3. The number of para-hydroxylation sites is 1. The van der Waals surface area contributed by atoms with Crippen LogP contribution in [0.2, 0.25) is 0 Å². The lowest BCUT2D eigenvalue weighted by Gasteiger charge is -2.13. The second-order valence-electron chi connectivity index (χ2n) is 6.54. The van der Waals surface area contributed by atoms with Gasteiger partial charge < -0.3 is 9.84 Å². The highest BCUT2D eigenvalue weighted by atomic mass is 32.1. The highest BCUT2D eigenvalue weighted by Crippen LogP contribution is 2.31. The zero-order chi connectivity index (χ0) is 19.5. The molecule has 1 atom stereocenters. The molecule has 28 heavy (non-hydrogen) atoms. The molecule has 140 valence electrons. The molecule has 3 aromatic carbocycles. The van der Waals surface area contributed by atoms with E-state index in [1.54, 1.807) is 18.3 Å². The van der Waals surface area contributed by atoms with Crippen molar-refractivity contribution in [3.05, 3.63) is 83.4 Å². The summed E-state index contributed by atoms with van der Waals surface area (Å²) in [5, 5.41) is 10.3. The summed E-state index contributed by atoms with van der Waals surface area (Å²) in [6.45, 7) is 2.13. The Bertz CT molecular complexity index is 1090. The quantitative estimate of drug-likeness (QED) is 0.457. The third kappa shape index (κ3) is 3.75. The number of hydrogen-bond acceptors (Lipinski definition) is 4. The van der Waals surface area contributed by atoms with E-state index < -0.39 is 11.9 Å². The first-order chi connectivity index (χ1) is 13.6. The zero-order valence-corrected chi connectivity index (χ0v) is 16.1. The molecule has 4 rings (SSSR count). The number of hydrogen-bond donors (Lipinski definition) is 1. The number of carboxylic acids is 1. The van der Waals surface area contributed by atoms with E-state index in [1.807, 2.05) is 66.7 Å². The number of nitrogens with zero attached hydrogens (tertiary/aromatic N) is 1. The highest BCUT2D eigenvalue weighted by Gasteiger charge is 2.17. The molecular formula is C23H19NO3S. The van der Waals surface area contributed by atoms with E-state index in [9.17, 15) is 9.90 Å². The summed E-state index contributed by atoms with van der Waals surface area (Å²) in [6.07, 6.45) is 0. The van der Waals surface area contributed by atoms with Gasteiger partial charge in [0.1, 0.15) is 17.4 Å². The predicted octanol–water partition coefficient (Wildman–Crippen LogP) is 5.73. The molecule has 0 radical (unpaired) electrons. The van der Waals surface area contributed by atoms with Gasteiger partial charge in [-0.2, -0.15) is 0 Å². The van der Waals surface area contributed by atoms with E-state index >= 15 is 0 Å². The second kappa shape index (κ2) is 7.82. The van der Waals surface area contributed by atoms with Crippen LogP contribution in [0.4, 0.5) is 0 Å². The maximum absolute atomic E-state index is 11.4. The fourth-order valence-corrected chi connectivity index (χ4v) is 4.01. The highest BCUT2D eigenvalue weighted by molar-refractivity contribution is 7.18. The molecule has 4 nitrogen and oxygen atoms in total. The van der Waals surface area contributed by atoms with Gasteiger partial charge >= 0.3 is 5.97 Å². The monoisotopic (exact) mass is 389 g/mol. The summed E-state index contributed by atoms with van der Waals surface area (Å²) in [6, 6.07) is 23.4. The number of thiazole rings is 1. The summed E-state index contributed by atoms with van der Waals surface area (Å²) >= 11 is 1.63. The van der Waals surface area contributed by atoms with E-state index in [1.165, 1.54) is 0 Å². The molecule has 0 saturated heterocycles. The normalized spacial score (nSPS) is 12.0. The smallest absolute Gasteiger partial charge is 0.310 e. The molecule has 0 aliphatic heterocycles. The van der Waals surface area contributed by atoms with Gasteiger partial charge in [0.15, 0.2) is 0 Å². The Hall–Kier alpha value is -3.18. The van der Waals surface area contributed by atoms with Crippen molar-refractivity contribution < 1.29 is 14.6 Å². The number of carboxylic acid groups (broad SMARTS) is 1. The molecule has 5 heteroatoms. The molecule has 0 aliphatic rings. The van der Waals surface area contributed by atoms with Gasteiger partial charge in [-0.15, -0.1) is 11.3 Å². The molecule has 0 spiro atoms. The van der Waals surface area contributed by atoms with Gasteiger partial charge in [-0.25, -0.2) is 4.98 Å². The van der Waals surface area contributed by atoms with Gasteiger partial charge in [-0.3, -0.25) is 4.79 Å². The minimum atomic E-state index is -0.830. The molecule has 0 amide bonds. The minimum absolute atomic E-state index is 0.422. The van der Waals surface area contributed by atoms with E-state index in [2.05, 4.69) is 11.1 Å². The second-order valence-corrected chi connectivity index (χ2v) is 7.65. The molecule has 0 saturated carbocycles. The maximum atomic E-state index is 11.4. The van der Waals surface area contributed by atoms with Crippen LogP contribution in [0.5, 0.6) is 5.75 Å². The Morgan fingerprint density at radius 3 is 2.50 bits per heavy atom. The lowest BCUT2D eigenvalue weighted by molar-refractivity contribution is -0.138. The summed E-state index contributed by atoms with van der Waals surface area (Å²) in [5.74, 6) is -0.638. The topological polar surface area (TPSA) is 59.4 Å². The maximum Gasteiger partial charge on any atom is 0.310 e. The Labute approximate surface area is 167 Å². The Balaban J connectivity index is 1.51. The fourth-order valence-electron chi connectivity index (χ4n) is 3.13. The van der Waals surface area contributed by atoms with E-state index in [0.717, 1.165) is 37.7 Å². The number of carbonyl (C=O) groups is 1. The summed E-state index contributed by atoms with van der Waals surface area (Å²) in [4.78, 5) is 16.0. The first-order valence-electron chi connectivity index (χ1n) is 9.01. The van der Waals surface area contributed by atoms with Crippen LogP contribution in [-0.4, -0.2) is 16.1 Å². The van der Waals surface area contributed by atoms with Gasteiger partial charge in [0.05, 0.1) is 16.1 Å². The SMILES string of the molecule is CC(C(=O)O)c1ccccc1-c1ccc(OCc2nc3ccccc3s2)cc1. The third-order valence-electron chi connectivity index (χ3n) is 4.66. The van der Waals surface area contributed by atoms with Crippen LogP contribution in [0.1, 0.15) is 23.4 Å². The Kier molecular flexibility index (Phi) is 5.08. The largest absolute Gasteiger partial charge is 0.486 e. The summed E-state index contributed by atoms with van der Waals surface area (Å²) in [5.41, 5.74) is 3.69. The minimum Gasteiger partial charge on any atom is -0.486 e. The molecule has 4 aromatic rings.